The van der Waals surface area contributed by atoms with Gasteiger partial charge >= 0.3 is 0 Å². The third-order valence-corrected chi connectivity index (χ3v) is 4.02. The molecule has 1 atom stereocenters. The van der Waals surface area contributed by atoms with Crippen molar-refractivity contribution in [3.63, 3.8) is 0 Å². The molecule has 4 nitrogen and oxygen atoms in total. The maximum absolute atomic E-state index is 5.48. The van der Waals surface area contributed by atoms with Crippen molar-refractivity contribution in [2.75, 3.05) is 14.2 Å². The van der Waals surface area contributed by atoms with Gasteiger partial charge in [-0.05, 0) is 49.6 Å². The van der Waals surface area contributed by atoms with Crippen LogP contribution in [0.4, 0.5) is 0 Å². The summed E-state index contributed by atoms with van der Waals surface area (Å²) in [5, 5.41) is 3.55. The Bertz CT molecular complexity index is 641. The average Bonchev–Trinajstić information content (AvgIpc) is 2.53. The number of aryl methyl sites for hydroxylation is 1. The van der Waals surface area contributed by atoms with E-state index < -0.39 is 0 Å². The van der Waals surface area contributed by atoms with Gasteiger partial charge in [-0.2, -0.15) is 0 Å². The van der Waals surface area contributed by atoms with Gasteiger partial charge in [0, 0.05) is 24.5 Å². The van der Waals surface area contributed by atoms with Crippen LogP contribution in [-0.2, 0) is 6.54 Å². The standard InChI is InChI=1S/C18H24N2O2/c1-12-16(8-9-17(21-4)18(12)22-5)14(3)20-11-15-7-6-10-19-13(15)2/h6-10,14,20H,11H2,1-5H3. The summed E-state index contributed by atoms with van der Waals surface area (Å²) in [5.41, 5.74) is 4.59. The number of aromatic nitrogens is 1. The summed E-state index contributed by atoms with van der Waals surface area (Å²) in [7, 11) is 3.33. The highest BCUT2D eigenvalue weighted by Gasteiger charge is 2.15. The zero-order valence-corrected chi connectivity index (χ0v) is 13.9. The molecule has 0 aliphatic heterocycles. The van der Waals surface area contributed by atoms with E-state index in [4.69, 9.17) is 9.47 Å². The van der Waals surface area contributed by atoms with E-state index in [1.165, 1.54) is 11.1 Å². The van der Waals surface area contributed by atoms with Crippen LogP contribution in [-0.4, -0.2) is 19.2 Å². The minimum atomic E-state index is 0.208. The number of rotatable bonds is 6. The van der Waals surface area contributed by atoms with E-state index in [0.29, 0.717) is 0 Å². The van der Waals surface area contributed by atoms with Crippen LogP contribution in [0.2, 0.25) is 0 Å². The third-order valence-electron chi connectivity index (χ3n) is 4.02. The molecule has 1 heterocycles. The zero-order chi connectivity index (χ0) is 16.1. The molecule has 0 saturated heterocycles. The van der Waals surface area contributed by atoms with Crippen LogP contribution in [0, 0.1) is 13.8 Å². The number of nitrogens with one attached hydrogen (secondary N) is 1. The first-order valence-corrected chi connectivity index (χ1v) is 7.43. The Morgan fingerprint density at radius 2 is 1.91 bits per heavy atom. The molecule has 0 aliphatic rings. The molecule has 1 unspecified atom stereocenters. The SMILES string of the molecule is COc1ccc(C(C)NCc2cccnc2C)c(C)c1OC. The smallest absolute Gasteiger partial charge is 0.163 e. The first-order chi connectivity index (χ1) is 10.6. The van der Waals surface area contributed by atoms with E-state index in [2.05, 4.69) is 36.3 Å². The van der Waals surface area contributed by atoms with Crippen molar-refractivity contribution < 1.29 is 9.47 Å². The van der Waals surface area contributed by atoms with Gasteiger partial charge in [0.2, 0.25) is 0 Å². The maximum atomic E-state index is 5.48. The Kier molecular flexibility index (Phi) is 5.39. The van der Waals surface area contributed by atoms with Crippen LogP contribution in [0.3, 0.4) is 0 Å². The molecular formula is C18H24N2O2. The number of methoxy groups -OCH3 is 2. The number of pyridine rings is 1. The van der Waals surface area contributed by atoms with Crippen molar-refractivity contribution in [2.24, 2.45) is 0 Å². The van der Waals surface area contributed by atoms with Crippen molar-refractivity contribution in [1.29, 1.82) is 0 Å². The molecule has 0 saturated carbocycles. The molecule has 1 aromatic heterocycles. The molecule has 22 heavy (non-hydrogen) atoms. The summed E-state index contributed by atoms with van der Waals surface area (Å²) in [6.07, 6.45) is 1.82. The third kappa shape index (κ3) is 3.39. The molecule has 0 amide bonds. The molecule has 0 radical (unpaired) electrons. The second-order valence-corrected chi connectivity index (χ2v) is 5.37. The Labute approximate surface area is 132 Å². The Morgan fingerprint density at radius 3 is 2.55 bits per heavy atom. The van der Waals surface area contributed by atoms with E-state index in [1.807, 2.05) is 25.3 Å². The Hall–Kier alpha value is -2.07. The second-order valence-electron chi connectivity index (χ2n) is 5.37. The lowest BCUT2D eigenvalue weighted by Crippen LogP contribution is -2.20. The van der Waals surface area contributed by atoms with Gasteiger partial charge in [0.25, 0.3) is 0 Å². The van der Waals surface area contributed by atoms with Crippen molar-refractivity contribution >= 4 is 0 Å². The fraction of sp³-hybridized carbons (Fsp3) is 0.389. The highest BCUT2D eigenvalue weighted by molar-refractivity contribution is 5.51. The topological polar surface area (TPSA) is 43.4 Å². The van der Waals surface area contributed by atoms with Crippen LogP contribution in [0.1, 0.15) is 35.3 Å². The average molecular weight is 300 g/mol. The normalized spacial score (nSPS) is 12.0. The Balaban J connectivity index is 2.16. The maximum Gasteiger partial charge on any atom is 0.163 e. The molecule has 0 aliphatic carbocycles. The minimum Gasteiger partial charge on any atom is -0.493 e. The monoisotopic (exact) mass is 300 g/mol. The highest BCUT2D eigenvalue weighted by Crippen LogP contribution is 2.35. The minimum absolute atomic E-state index is 0.208. The molecule has 1 aromatic carbocycles. The fourth-order valence-electron chi connectivity index (χ4n) is 2.64. The summed E-state index contributed by atoms with van der Waals surface area (Å²) in [4.78, 5) is 4.32. The van der Waals surface area contributed by atoms with E-state index in [0.717, 1.165) is 29.3 Å². The lowest BCUT2D eigenvalue weighted by Gasteiger charge is -2.20. The molecule has 118 valence electrons. The first kappa shape index (κ1) is 16.3. The predicted octanol–water partition coefficient (Wildman–Crippen LogP) is 3.57. The van der Waals surface area contributed by atoms with Gasteiger partial charge in [-0.3, -0.25) is 4.98 Å². The van der Waals surface area contributed by atoms with Crippen molar-refractivity contribution in [2.45, 2.75) is 33.4 Å². The van der Waals surface area contributed by atoms with Crippen LogP contribution in [0.5, 0.6) is 11.5 Å². The van der Waals surface area contributed by atoms with Gasteiger partial charge in [0.05, 0.1) is 14.2 Å². The summed E-state index contributed by atoms with van der Waals surface area (Å²) in [6, 6.07) is 8.32. The first-order valence-electron chi connectivity index (χ1n) is 7.43. The van der Waals surface area contributed by atoms with Gasteiger partial charge < -0.3 is 14.8 Å². The van der Waals surface area contributed by atoms with Gasteiger partial charge in [-0.25, -0.2) is 0 Å². The summed E-state index contributed by atoms with van der Waals surface area (Å²) >= 11 is 0. The number of hydrogen-bond donors (Lipinski definition) is 1. The summed E-state index contributed by atoms with van der Waals surface area (Å²) in [6.45, 7) is 7.03. The molecule has 4 heteroatoms. The Morgan fingerprint density at radius 1 is 1.14 bits per heavy atom. The van der Waals surface area contributed by atoms with Crippen molar-refractivity contribution in [3.8, 4) is 11.5 Å². The quantitative estimate of drug-likeness (QED) is 0.885. The molecule has 0 fully saturated rings. The van der Waals surface area contributed by atoms with Crippen LogP contribution < -0.4 is 14.8 Å². The predicted molar refractivity (Wildman–Crippen MR) is 88.5 cm³/mol. The number of ether oxygens (including phenoxy) is 2. The van der Waals surface area contributed by atoms with Gasteiger partial charge in [-0.1, -0.05) is 12.1 Å². The number of nitrogens with zero attached hydrogens (tertiary/aromatic N) is 1. The second kappa shape index (κ2) is 7.27. The van der Waals surface area contributed by atoms with Crippen LogP contribution in [0.15, 0.2) is 30.5 Å². The van der Waals surface area contributed by atoms with Gasteiger partial charge in [0.15, 0.2) is 11.5 Å². The zero-order valence-electron chi connectivity index (χ0n) is 13.9. The van der Waals surface area contributed by atoms with Crippen LogP contribution >= 0.6 is 0 Å². The lowest BCUT2D eigenvalue weighted by atomic mass is 10.0. The largest absolute Gasteiger partial charge is 0.493 e. The summed E-state index contributed by atoms with van der Waals surface area (Å²) in [5.74, 6) is 1.56. The summed E-state index contributed by atoms with van der Waals surface area (Å²) < 4.78 is 10.8. The van der Waals surface area contributed by atoms with E-state index in [9.17, 15) is 0 Å². The lowest BCUT2D eigenvalue weighted by molar-refractivity contribution is 0.351. The molecule has 2 aromatic rings. The fourth-order valence-corrected chi connectivity index (χ4v) is 2.64. The van der Waals surface area contributed by atoms with Gasteiger partial charge in [0.1, 0.15) is 0 Å². The van der Waals surface area contributed by atoms with Crippen LogP contribution in [0.25, 0.3) is 0 Å². The number of hydrogen-bond acceptors (Lipinski definition) is 4. The molecule has 2 rings (SSSR count). The van der Waals surface area contributed by atoms with E-state index >= 15 is 0 Å². The van der Waals surface area contributed by atoms with Crippen molar-refractivity contribution in [1.82, 2.24) is 10.3 Å². The van der Waals surface area contributed by atoms with E-state index in [1.54, 1.807) is 14.2 Å². The number of benzene rings is 1. The van der Waals surface area contributed by atoms with Gasteiger partial charge in [-0.15, -0.1) is 0 Å². The van der Waals surface area contributed by atoms with Crippen molar-refractivity contribution in [3.05, 3.63) is 52.8 Å². The molecule has 1 N–H and O–H groups in total. The van der Waals surface area contributed by atoms with E-state index in [-0.39, 0.29) is 6.04 Å². The molecular weight excluding hydrogens is 276 g/mol. The molecule has 0 spiro atoms. The highest BCUT2D eigenvalue weighted by atomic mass is 16.5. The molecule has 0 bridgehead atoms.